The molecule has 0 unspecified atom stereocenters. The van der Waals surface area contributed by atoms with E-state index in [9.17, 15) is 5.11 Å². The lowest BCUT2D eigenvalue weighted by atomic mass is 9.61. The lowest BCUT2D eigenvalue weighted by molar-refractivity contribution is 0.0436. The van der Waals surface area contributed by atoms with Gasteiger partial charge in [-0.25, -0.2) is 0 Å². The molecule has 3 atom stereocenters. The molecule has 4 nitrogen and oxygen atoms in total. The minimum absolute atomic E-state index is 0.0109. The summed E-state index contributed by atoms with van der Waals surface area (Å²) in [6.45, 7) is 8.82. The fraction of sp³-hybridized carbons (Fsp3) is 0.636. The van der Waals surface area contributed by atoms with Crippen molar-refractivity contribution in [3.63, 3.8) is 0 Å². The number of hydrogen-bond acceptors (Lipinski definition) is 4. The smallest absolute Gasteiger partial charge is 0.164 e. The average Bonchev–Trinajstić information content (AvgIpc) is 3.29. The standard InChI is InChI=1S/C22H30O4/c1-13(2)15-11-14-7-10-22-20(3,4)9-8-17(23)21(22,26-22)12-16(14)19(25-6)18(15)24-5/h7,10-11,13,17,23H,8-9,12H2,1-6H3/t17-,21-,22+/m1/s1. The van der Waals surface area contributed by atoms with Crippen LogP contribution < -0.4 is 9.47 Å². The number of aliphatic hydroxyl groups excluding tert-OH is 1. The van der Waals surface area contributed by atoms with E-state index in [1.54, 1.807) is 14.2 Å². The first kappa shape index (κ1) is 17.9. The Bertz CT molecular complexity index is 779. The molecule has 0 aromatic heterocycles. The molecule has 4 heteroatoms. The predicted molar refractivity (Wildman–Crippen MR) is 102 cm³/mol. The van der Waals surface area contributed by atoms with E-state index in [1.165, 1.54) is 0 Å². The Morgan fingerprint density at radius 1 is 1.19 bits per heavy atom. The lowest BCUT2D eigenvalue weighted by Crippen LogP contribution is -2.50. The maximum atomic E-state index is 10.9. The summed E-state index contributed by atoms with van der Waals surface area (Å²) >= 11 is 0. The number of epoxide rings is 1. The van der Waals surface area contributed by atoms with Crippen LogP contribution in [0, 0.1) is 5.41 Å². The zero-order chi connectivity index (χ0) is 18.9. The molecule has 0 bridgehead atoms. The third kappa shape index (κ3) is 2.03. The summed E-state index contributed by atoms with van der Waals surface area (Å²) in [6.07, 6.45) is 6.24. The van der Waals surface area contributed by atoms with E-state index in [0.717, 1.165) is 41.0 Å². The van der Waals surface area contributed by atoms with Gasteiger partial charge < -0.3 is 19.3 Å². The van der Waals surface area contributed by atoms with E-state index in [-0.39, 0.29) is 5.41 Å². The molecule has 2 fully saturated rings. The van der Waals surface area contributed by atoms with Crippen LogP contribution in [0.4, 0.5) is 0 Å². The molecule has 1 N–H and O–H groups in total. The first-order chi connectivity index (χ1) is 12.2. The highest BCUT2D eigenvalue weighted by Gasteiger charge is 2.79. The SMILES string of the molecule is COc1c(C(C)C)cc2c(c1OC)C[C@]13O[C@@]1(C=C2)C(C)(C)CC[C@H]3O. The fourth-order valence-corrected chi connectivity index (χ4v) is 5.27. The molecule has 4 rings (SSSR count). The van der Waals surface area contributed by atoms with E-state index in [1.807, 2.05) is 0 Å². The molecule has 2 aliphatic carbocycles. The normalized spacial score (nSPS) is 33.8. The van der Waals surface area contributed by atoms with Gasteiger partial charge in [0.1, 0.15) is 11.2 Å². The van der Waals surface area contributed by atoms with Crippen LogP contribution in [-0.2, 0) is 11.2 Å². The molecule has 0 spiro atoms. The van der Waals surface area contributed by atoms with Crippen LogP contribution in [0.25, 0.3) is 6.08 Å². The zero-order valence-electron chi connectivity index (χ0n) is 16.7. The second kappa shape index (κ2) is 5.49. The largest absolute Gasteiger partial charge is 0.493 e. The highest BCUT2D eigenvalue weighted by molar-refractivity contribution is 5.69. The highest BCUT2D eigenvalue weighted by atomic mass is 16.6. The van der Waals surface area contributed by atoms with Gasteiger partial charge in [-0.3, -0.25) is 0 Å². The summed E-state index contributed by atoms with van der Waals surface area (Å²) in [5.41, 5.74) is 2.37. The Hall–Kier alpha value is -1.52. The quantitative estimate of drug-likeness (QED) is 0.827. The van der Waals surface area contributed by atoms with Crippen LogP contribution in [0.3, 0.4) is 0 Å². The Balaban J connectivity index is 1.92. The molecule has 142 valence electrons. The van der Waals surface area contributed by atoms with Crippen molar-refractivity contribution in [1.82, 2.24) is 0 Å². The molecule has 1 saturated carbocycles. The van der Waals surface area contributed by atoms with E-state index >= 15 is 0 Å². The van der Waals surface area contributed by atoms with Gasteiger partial charge in [0, 0.05) is 23.0 Å². The van der Waals surface area contributed by atoms with Crippen LogP contribution in [0.15, 0.2) is 12.1 Å². The van der Waals surface area contributed by atoms with Crippen LogP contribution in [0.2, 0.25) is 0 Å². The number of aliphatic hydroxyl groups is 1. The summed E-state index contributed by atoms with van der Waals surface area (Å²) < 4.78 is 17.9. The summed E-state index contributed by atoms with van der Waals surface area (Å²) in [7, 11) is 3.38. The Labute approximate surface area is 156 Å². The minimum Gasteiger partial charge on any atom is -0.493 e. The number of methoxy groups -OCH3 is 2. The van der Waals surface area contributed by atoms with Crippen molar-refractivity contribution in [2.24, 2.45) is 5.41 Å². The summed E-state index contributed by atoms with van der Waals surface area (Å²) in [4.78, 5) is 0. The second-order valence-corrected chi connectivity index (χ2v) is 8.93. The van der Waals surface area contributed by atoms with Gasteiger partial charge >= 0.3 is 0 Å². The molecule has 1 saturated heterocycles. The monoisotopic (exact) mass is 358 g/mol. The predicted octanol–water partition coefficient (Wildman–Crippen LogP) is 4.09. The zero-order valence-corrected chi connectivity index (χ0v) is 16.7. The first-order valence-corrected chi connectivity index (χ1v) is 9.58. The van der Waals surface area contributed by atoms with Crippen molar-refractivity contribution < 1.29 is 19.3 Å². The second-order valence-electron chi connectivity index (χ2n) is 8.93. The summed E-state index contributed by atoms with van der Waals surface area (Å²) in [5.74, 6) is 1.89. The Kier molecular flexibility index (Phi) is 3.78. The van der Waals surface area contributed by atoms with Gasteiger partial charge in [-0.15, -0.1) is 0 Å². The molecule has 1 aromatic carbocycles. The van der Waals surface area contributed by atoms with Crippen molar-refractivity contribution in [2.45, 2.75) is 70.2 Å². The molecular weight excluding hydrogens is 328 g/mol. The molecule has 1 aromatic rings. The Morgan fingerprint density at radius 2 is 1.88 bits per heavy atom. The van der Waals surface area contributed by atoms with Crippen LogP contribution >= 0.6 is 0 Å². The van der Waals surface area contributed by atoms with E-state index < -0.39 is 17.3 Å². The Morgan fingerprint density at radius 3 is 2.50 bits per heavy atom. The molecule has 26 heavy (non-hydrogen) atoms. The number of benzene rings is 1. The van der Waals surface area contributed by atoms with Crippen LogP contribution in [0.1, 0.15) is 63.1 Å². The number of ether oxygens (including phenoxy) is 3. The summed E-state index contributed by atoms with van der Waals surface area (Å²) in [6, 6.07) is 2.21. The molecule has 3 aliphatic rings. The number of rotatable bonds is 3. The van der Waals surface area contributed by atoms with E-state index in [0.29, 0.717) is 12.3 Å². The van der Waals surface area contributed by atoms with Crippen molar-refractivity contribution in [2.75, 3.05) is 14.2 Å². The van der Waals surface area contributed by atoms with Crippen molar-refractivity contribution in [3.05, 3.63) is 28.8 Å². The van der Waals surface area contributed by atoms with Gasteiger partial charge in [0.25, 0.3) is 0 Å². The molecule has 0 amide bonds. The van der Waals surface area contributed by atoms with Gasteiger partial charge in [-0.2, -0.15) is 0 Å². The van der Waals surface area contributed by atoms with Gasteiger partial charge in [0.05, 0.1) is 20.3 Å². The maximum absolute atomic E-state index is 10.9. The topological polar surface area (TPSA) is 51.2 Å². The number of hydrogen-bond donors (Lipinski definition) is 1. The first-order valence-electron chi connectivity index (χ1n) is 9.58. The minimum atomic E-state index is -0.561. The van der Waals surface area contributed by atoms with Gasteiger partial charge in [-0.1, -0.05) is 33.8 Å². The highest BCUT2D eigenvalue weighted by Crippen LogP contribution is 2.68. The van der Waals surface area contributed by atoms with Gasteiger partial charge in [0.2, 0.25) is 0 Å². The number of fused-ring (bicyclic) bond motifs is 1. The molecular formula is C22H30O4. The molecule has 1 heterocycles. The molecule has 0 radical (unpaired) electrons. The van der Waals surface area contributed by atoms with Crippen molar-refractivity contribution in [1.29, 1.82) is 0 Å². The van der Waals surface area contributed by atoms with E-state index in [4.69, 9.17) is 14.2 Å². The van der Waals surface area contributed by atoms with Crippen molar-refractivity contribution >= 4 is 6.08 Å². The van der Waals surface area contributed by atoms with E-state index in [2.05, 4.69) is 45.9 Å². The van der Waals surface area contributed by atoms with Crippen LogP contribution in [0.5, 0.6) is 11.5 Å². The molecule has 1 aliphatic heterocycles. The average molecular weight is 358 g/mol. The van der Waals surface area contributed by atoms with Crippen LogP contribution in [-0.4, -0.2) is 36.6 Å². The fourth-order valence-electron chi connectivity index (χ4n) is 5.27. The third-order valence-corrected chi connectivity index (χ3v) is 6.89. The van der Waals surface area contributed by atoms with Crippen molar-refractivity contribution in [3.8, 4) is 11.5 Å². The van der Waals surface area contributed by atoms with Gasteiger partial charge in [0.15, 0.2) is 11.5 Å². The lowest BCUT2D eigenvalue weighted by Gasteiger charge is -2.39. The summed E-state index contributed by atoms with van der Waals surface area (Å²) in [5, 5.41) is 10.9. The third-order valence-electron chi connectivity index (χ3n) is 6.89. The van der Waals surface area contributed by atoms with Gasteiger partial charge in [-0.05, 0) is 36.5 Å². The maximum Gasteiger partial charge on any atom is 0.164 e.